The van der Waals surface area contributed by atoms with Gasteiger partial charge in [-0.05, 0) is 121 Å². The van der Waals surface area contributed by atoms with E-state index in [1.54, 1.807) is 36.4 Å². The molecule has 0 bridgehead atoms. The van der Waals surface area contributed by atoms with Crippen LogP contribution in [0.1, 0.15) is 20.7 Å². The molecule has 0 aliphatic carbocycles. The van der Waals surface area contributed by atoms with Gasteiger partial charge in [0.15, 0.2) is 0 Å². The van der Waals surface area contributed by atoms with Gasteiger partial charge in [-0.2, -0.15) is 0 Å². The van der Waals surface area contributed by atoms with E-state index in [-0.39, 0.29) is 11.1 Å². The van der Waals surface area contributed by atoms with Crippen LogP contribution >= 0.6 is 0 Å². The molecule has 6 heteroatoms. The summed E-state index contributed by atoms with van der Waals surface area (Å²) in [4.78, 5) is 33.3. The van der Waals surface area contributed by atoms with Crippen molar-refractivity contribution in [2.24, 2.45) is 0 Å². The number of hydrogen-bond donors (Lipinski definition) is 2. The summed E-state index contributed by atoms with van der Waals surface area (Å²) in [5.74, 6) is -1.42. The van der Waals surface area contributed by atoms with Crippen LogP contribution in [0.25, 0.3) is 66.8 Å². The molecule has 0 saturated carbocycles. The van der Waals surface area contributed by atoms with Crippen LogP contribution in [0.15, 0.2) is 164 Å². The molecule has 246 valence electrons. The lowest BCUT2D eigenvalue weighted by Gasteiger charge is -2.13. The van der Waals surface area contributed by atoms with E-state index < -0.39 is 11.9 Å². The number of carbonyl (C=O) groups excluding carboxylic acids is 1. The van der Waals surface area contributed by atoms with E-state index in [1.807, 2.05) is 60.7 Å². The molecule has 7 aromatic rings. The minimum Gasteiger partial charge on any atom is -0.478 e. The largest absolute Gasteiger partial charge is 0.478 e. The second-order valence-corrected chi connectivity index (χ2v) is 12.0. The number of carboxylic acid groups (broad SMARTS) is 2. The first-order chi connectivity index (χ1) is 24.8. The molecule has 0 aromatic heterocycles. The van der Waals surface area contributed by atoms with Gasteiger partial charge in [-0.3, -0.25) is 4.79 Å². The zero-order chi connectivity index (χ0) is 35.3. The Morgan fingerprint density at radius 2 is 0.569 bits per heavy atom. The Bertz CT molecular complexity index is 2220. The van der Waals surface area contributed by atoms with E-state index in [9.17, 15) is 24.6 Å². The maximum absolute atomic E-state index is 11.3. The fourth-order valence-electron chi connectivity index (χ4n) is 6.08. The summed E-state index contributed by atoms with van der Waals surface area (Å²) in [5.41, 5.74) is 12.6. The summed E-state index contributed by atoms with van der Waals surface area (Å²) >= 11 is 0. The van der Waals surface area contributed by atoms with E-state index in [0.29, 0.717) is 12.2 Å². The quantitative estimate of drug-likeness (QED) is 0.141. The average molecular weight is 667 g/mol. The smallest absolute Gasteiger partial charge is 0.335 e. The molecule has 0 aliphatic heterocycles. The fraction of sp³-hybridized carbons (Fsp3) is 0. The van der Waals surface area contributed by atoms with E-state index in [0.717, 1.165) is 66.8 Å². The van der Waals surface area contributed by atoms with Crippen molar-refractivity contribution in [1.82, 2.24) is 0 Å². The molecule has 2 N–H and O–H groups in total. The molecule has 0 saturated heterocycles. The molecule has 0 atom stereocenters. The Kier molecular flexibility index (Phi) is 9.05. The maximum Gasteiger partial charge on any atom is 0.335 e. The van der Waals surface area contributed by atoms with Gasteiger partial charge in [-0.25, -0.2) is 9.59 Å². The average Bonchev–Trinajstić information content (AvgIpc) is 3.18. The number of rotatable bonds is 10. The zero-order valence-corrected chi connectivity index (χ0v) is 27.2. The number of carbonyl (C=O) groups is 3. The first-order valence-electron chi connectivity index (χ1n) is 16.2. The third-order valence-electron chi connectivity index (χ3n) is 8.89. The summed E-state index contributed by atoms with van der Waals surface area (Å²) in [6.45, 7) is 0.415. The van der Waals surface area contributed by atoms with Crippen molar-refractivity contribution in [3.05, 3.63) is 175 Å². The molecule has 0 fully saturated rings. The molecule has 0 radical (unpaired) electrons. The third-order valence-corrected chi connectivity index (χ3v) is 8.89. The second kappa shape index (κ2) is 14.2. The van der Waals surface area contributed by atoms with Gasteiger partial charge in [0, 0.05) is 0 Å². The van der Waals surface area contributed by atoms with Crippen LogP contribution in [-0.2, 0) is 4.79 Å². The maximum atomic E-state index is 11.3. The van der Waals surface area contributed by atoms with Gasteiger partial charge >= 0.3 is 11.9 Å². The van der Waals surface area contributed by atoms with Crippen molar-refractivity contribution < 1.29 is 29.3 Å². The van der Waals surface area contributed by atoms with Crippen molar-refractivity contribution in [3.8, 4) is 72.5 Å². The van der Waals surface area contributed by atoms with Gasteiger partial charge in [-0.15, -0.1) is 0 Å². The summed E-state index contributed by atoms with van der Waals surface area (Å²) in [6.07, 6.45) is 0. The molecule has 7 aromatic carbocycles. The van der Waals surface area contributed by atoms with Gasteiger partial charge in [0.2, 0.25) is 0 Å². The van der Waals surface area contributed by atoms with Crippen LogP contribution < -0.4 is 4.74 Å². The molecule has 0 spiro atoms. The Morgan fingerprint density at radius 3 is 0.804 bits per heavy atom. The van der Waals surface area contributed by atoms with E-state index in [1.165, 1.54) is 0 Å². The first-order valence-corrected chi connectivity index (χ1v) is 16.2. The molecule has 6 nitrogen and oxygen atoms in total. The lowest BCUT2D eigenvalue weighted by molar-refractivity contribution is -0.120. The minimum absolute atomic E-state index is 0.249. The van der Waals surface area contributed by atoms with Crippen molar-refractivity contribution in [2.45, 2.75) is 0 Å². The number of aromatic carboxylic acids is 2. The van der Waals surface area contributed by atoms with Gasteiger partial charge < -0.3 is 14.9 Å². The van der Waals surface area contributed by atoms with Crippen LogP contribution in [0.5, 0.6) is 5.75 Å². The molecule has 0 amide bonds. The minimum atomic E-state index is -0.953. The molecule has 51 heavy (non-hydrogen) atoms. The monoisotopic (exact) mass is 666 g/mol. The SMILES string of the molecule is O=COc1ccc(-c2ccc(-c3cc(-c4ccc(-c5ccc(C(=O)O)cc5)cc4)cc(-c4ccc(-c5ccc(C(=O)O)cc5)cc4)c3)cc2)cc1. The summed E-state index contributed by atoms with van der Waals surface area (Å²) < 4.78 is 4.93. The lowest BCUT2D eigenvalue weighted by Crippen LogP contribution is -1.94. The fourth-order valence-corrected chi connectivity index (χ4v) is 6.08. The van der Waals surface area contributed by atoms with E-state index in [2.05, 4.69) is 66.7 Å². The van der Waals surface area contributed by atoms with Crippen LogP contribution in [0.2, 0.25) is 0 Å². The Morgan fingerprint density at radius 1 is 0.353 bits per heavy atom. The highest BCUT2D eigenvalue weighted by Crippen LogP contribution is 2.36. The van der Waals surface area contributed by atoms with E-state index in [4.69, 9.17) is 4.74 Å². The lowest BCUT2D eigenvalue weighted by atomic mass is 9.91. The molecular formula is C45H30O6. The summed E-state index contributed by atoms with van der Waals surface area (Å²) in [6, 6.07) is 52.4. The van der Waals surface area contributed by atoms with Gasteiger partial charge in [0.25, 0.3) is 6.47 Å². The first kappa shape index (κ1) is 32.5. The van der Waals surface area contributed by atoms with Crippen molar-refractivity contribution >= 4 is 18.4 Å². The predicted molar refractivity (Wildman–Crippen MR) is 200 cm³/mol. The standard InChI is InChI=1S/C45H30O6/c46-28-51-43-23-21-34(22-24-43)31-5-11-37(12-6-31)42-26-40(35-7-1-29(2-8-35)32-13-17-38(18-14-32)44(47)48)25-41(27-42)36-9-3-30(4-10-36)33-15-19-39(20-16-33)45(49)50/h1-28H,(H,47,48)(H,49,50). The van der Waals surface area contributed by atoms with Crippen LogP contribution in [-0.4, -0.2) is 28.6 Å². The Balaban J connectivity index is 1.24. The third kappa shape index (κ3) is 7.21. The van der Waals surface area contributed by atoms with Crippen molar-refractivity contribution in [1.29, 1.82) is 0 Å². The van der Waals surface area contributed by atoms with E-state index >= 15 is 0 Å². The topological polar surface area (TPSA) is 101 Å². The molecule has 0 aliphatic rings. The zero-order valence-electron chi connectivity index (χ0n) is 27.2. The number of hydrogen-bond acceptors (Lipinski definition) is 4. The highest BCUT2D eigenvalue weighted by Gasteiger charge is 2.11. The van der Waals surface area contributed by atoms with Gasteiger partial charge in [0.05, 0.1) is 11.1 Å². The number of carboxylic acids is 2. The Hall–Kier alpha value is -7.05. The van der Waals surface area contributed by atoms with Crippen LogP contribution in [0.3, 0.4) is 0 Å². The van der Waals surface area contributed by atoms with Crippen molar-refractivity contribution in [2.75, 3.05) is 0 Å². The molecular weight excluding hydrogens is 636 g/mol. The second-order valence-electron chi connectivity index (χ2n) is 12.0. The molecule has 0 heterocycles. The number of benzene rings is 7. The molecule has 7 rings (SSSR count). The predicted octanol–water partition coefficient (Wildman–Crippen LogP) is 10.6. The van der Waals surface area contributed by atoms with Gasteiger partial charge in [0.1, 0.15) is 5.75 Å². The van der Waals surface area contributed by atoms with Crippen LogP contribution in [0.4, 0.5) is 0 Å². The normalized spacial score (nSPS) is 10.7. The van der Waals surface area contributed by atoms with Gasteiger partial charge in [-0.1, -0.05) is 109 Å². The van der Waals surface area contributed by atoms with Crippen molar-refractivity contribution in [3.63, 3.8) is 0 Å². The highest BCUT2D eigenvalue weighted by atomic mass is 16.5. The summed E-state index contributed by atoms with van der Waals surface area (Å²) in [5, 5.41) is 18.5. The Labute approximate surface area is 294 Å². The number of ether oxygens (including phenoxy) is 1. The summed E-state index contributed by atoms with van der Waals surface area (Å²) in [7, 11) is 0. The van der Waals surface area contributed by atoms with Crippen LogP contribution in [0, 0.1) is 0 Å². The molecule has 0 unspecified atom stereocenters. The highest BCUT2D eigenvalue weighted by molar-refractivity contribution is 5.89.